The van der Waals surface area contributed by atoms with Gasteiger partial charge in [0.05, 0.1) is 17.4 Å². The zero-order valence-corrected chi connectivity index (χ0v) is 12.3. The van der Waals surface area contributed by atoms with Gasteiger partial charge in [-0.3, -0.25) is 4.79 Å². The van der Waals surface area contributed by atoms with E-state index in [2.05, 4.69) is 25.8 Å². The number of primary amides is 1. The van der Waals surface area contributed by atoms with Crippen molar-refractivity contribution in [3.63, 3.8) is 0 Å². The average Bonchev–Trinajstić information content (AvgIpc) is 2.28. The lowest BCUT2D eigenvalue weighted by molar-refractivity contribution is 0.0531. The number of aromatic nitrogens is 1. The molecule has 0 bridgehead atoms. The molecule has 1 fully saturated rings. The third kappa shape index (κ3) is 3.40. The van der Waals surface area contributed by atoms with Gasteiger partial charge in [-0.05, 0) is 30.6 Å². The number of hydrogen-bond acceptors (Lipinski definition) is 4. The van der Waals surface area contributed by atoms with Crippen LogP contribution in [0.5, 0.6) is 5.88 Å². The van der Waals surface area contributed by atoms with Crippen LogP contribution in [0.25, 0.3) is 0 Å². The number of ether oxygens (including phenoxy) is 1. The van der Waals surface area contributed by atoms with Crippen LogP contribution in [0.15, 0.2) is 12.3 Å². The van der Waals surface area contributed by atoms with Gasteiger partial charge in [0.15, 0.2) is 0 Å². The van der Waals surface area contributed by atoms with Gasteiger partial charge < -0.3 is 16.2 Å². The Hall–Kier alpha value is -1.78. The maximum Gasteiger partial charge on any atom is 0.251 e. The molecule has 110 valence electrons. The summed E-state index contributed by atoms with van der Waals surface area (Å²) in [6.45, 7) is 6.75. The van der Waals surface area contributed by atoms with E-state index in [4.69, 9.17) is 16.2 Å². The van der Waals surface area contributed by atoms with Gasteiger partial charge in [-0.1, -0.05) is 20.8 Å². The smallest absolute Gasteiger partial charge is 0.251 e. The Morgan fingerprint density at radius 1 is 1.45 bits per heavy atom. The van der Waals surface area contributed by atoms with E-state index in [1.165, 1.54) is 18.7 Å². The number of carbonyl (C=O) groups is 1. The monoisotopic (exact) mass is 277 g/mol. The lowest BCUT2D eigenvalue weighted by atomic mass is 9.71. The number of amides is 1. The molecule has 2 unspecified atom stereocenters. The number of nitrogens with zero attached hydrogens (tertiary/aromatic N) is 1. The summed E-state index contributed by atoms with van der Waals surface area (Å²) < 4.78 is 5.93. The fraction of sp³-hybridized carbons (Fsp3) is 0.600. The van der Waals surface area contributed by atoms with E-state index in [9.17, 15) is 4.79 Å². The fourth-order valence-corrected chi connectivity index (χ4v) is 3.24. The van der Waals surface area contributed by atoms with Crippen LogP contribution < -0.4 is 16.2 Å². The van der Waals surface area contributed by atoms with Crippen molar-refractivity contribution in [2.75, 3.05) is 5.73 Å². The van der Waals surface area contributed by atoms with Crippen LogP contribution in [-0.2, 0) is 0 Å². The van der Waals surface area contributed by atoms with Gasteiger partial charge in [0.25, 0.3) is 5.91 Å². The minimum Gasteiger partial charge on any atom is -0.474 e. The van der Waals surface area contributed by atoms with E-state index < -0.39 is 5.91 Å². The van der Waals surface area contributed by atoms with Crippen LogP contribution >= 0.6 is 0 Å². The summed E-state index contributed by atoms with van der Waals surface area (Å²) in [5, 5.41) is 0. The average molecular weight is 277 g/mol. The molecule has 1 aromatic heterocycles. The molecule has 0 saturated heterocycles. The van der Waals surface area contributed by atoms with E-state index in [0.29, 0.717) is 11.8 Å². The van der Waals surface area contributed by atoms with Gasteiger partial charge >= 0.3 is 0 Å². The van der Waals surface area contributed by atoms with Crippen LogP contribution in [0.2, 0.25) is 0 Å². The number of nitrogen functional groups attached to an aromatic ring is 1. The highest BCUT2D eigenvalue weighted by atomic mass is 16.5. The van der Waals surface area contributed by atoms with Gasteiger partial charge in [-0.25, -0.2) is 4.98 Å². The molecule has 0 aromatic carbocycles. The Balaban J connectivity index is 2.14. The highest BCUT2D eigenvalue weighted by Gasteiger charge is 2.33. The first kappa shape index (κ1) is 14.6. The molecule has 1 saturated carbocycles. The molecule has 1 aliphatic rings. The van der Waals surface area contributed by atoms with Crippen LogP contribution in [0.1, 0.15) is 50.4 Å². The maximum absolute atomic E-state index is 11.3. The molecule has 0 spiro atoms. The van der Waals surface area contributed by atoms with E-state index in [0.717, 1.165) is 12.8 Å². The molecule has 20 heavy (non-hydrogen) atoms. The summed E-state index contributed by atoms with van der Waals surface area (Å²) in [5.41, 5.74) is 11.8. The van der Waals surface area contributed by atoms with Crippen molar-refractivity contribution in [3.05, 3.63) is 17.8 Å². The van der Waals surface area contributed by atoms with Gasteiger partial charge in [-0.2, -0.15) is 0 Å². The quantitative estimate of drug-likeness (QED) is 0.887. The first-order valence-corrected chi connectivity index (χ1v) is 6.99. The molecule has 0 aliphatic heterocycles. The van der Waals surface area contributed by atoms with E-state index in [1.807, 2.05) is 0 Å². The summed E-state index contributed by atoms with van der Waals surface area (Å²) in [6, 6.07) is 1.53. The highest BCUT2D eigenvalue weighted by molar-refractivity contribution is 5.97. The second-order valence-corrected chi connectivity index (χ2v) is 6.63. The largest absolute Gasteiger partial charge is 0.474 e. The zero-order valence-electron chi connectivity index (χ0n) is 12.3. The number of nitrogens with two attached hydrogens (primary N) is 2. The SMILES string of the molecule is CC1CC(Oc2cc(C(N)=O)c(N)cn2)CC(C)(C)C1. The minimum absolute atomic E-state index is 0.116. The number of pyridine rings is 1. The van der Waals surface area contributed by atoms with Gasteiger partial charge in [0.2, 0.25) is 5.88 Å². The summed E-state index contributed by atoms with van der Waals surface area (Å²) in [7, 11) is 0. The van der Waals surface area contributed by atoms with Crippen molar-refractivity contribution in [2.24, 2.45) is 17.1 Å². The summed E-state index contributed by atoms with van der Waals surface area (Å²) in [6.07, 6.45) is 4.73. The number of anilines is 1. The molecule has 1 aliphatic carbocycles. The number of hydrogen-bond donors (Lipinski definition) is 2. The summed E-state index contributed by atoms with van der Waals surface area (Å²) in [4.78, 5) is 15.4. The highest BCUT2D eigenvalue weighted by Crippen LogP contribution is 2.39. The topological polar surface area (TPSA) is 91.2 Å². The van der Waals surface area contributed by atoms with Crippen LogP contribution in [0.4, 0.5) is 5.69 Å². The number of rotatable bonds is 3. The number of carbonyl (C=O) groups excluding carboxylic acids is 1. The molecule has 5 heteroatoms. The molecular formula is C15H23N3O2. The Morgan fingerprint density at radius 3 is 2.75 bits per heavy atom. The summed E-state index contributed by atoms with van der Waals surface area (Å²) >= 11 is 0. The zero-order chi connectivity index (χ0) is 14.9. The Kier molecular flexibility index (Phi) is 3.88. The first-order chi connectivity index (χ1) is 9.27. The lowest BCUT2D eigenvalue weighted by Gasteiger charge is -2.38. The van der Waals surface area contributed by atoms with Crippen molar-refractivity contribution < 1.29 is 9.53 Å². The van der Waals surface area contributed by atoms with E-state index >= 15 is 0 Å². The van der Waals surface area contributed by atoms with Crippen LogP contribution in [0.3, 0.4) is 0 Å². The Bertz CT molecular complexity index is 514. The molecule has 4 N–H and O–H groups in total. The minimum atomic E-state index is -0.563. The fourth-order valence-electron chi connectivity index (χ4n) is 3.24. The van der Waals surface area contributed by atoms with E-state index in [-0.39, 0.29) is 22.8 Å². The third-order valence-electron chi connectivity index (χ3n) is 3.81. The van der Waals surface area contributed by atoms with E-state index in [1.54, 1.807) is 0 Å². The molecule has 0 radical (unpaired) electrons. The molecular weight excluding hydrogens is 254 g/mol. The van der Waals surface area contributed by atoms with Crippen LogP contribution in [-0.4, -0.2) is 17.0 Å². The predicted molar refractivity (Wildman–Crippen MR) is 78.4 cm³/mol. The van der Waals surface area contributed by atoms with Crippen molar-refractivity contribution in [1.82, 2.24) is 4.98 Å². The van der Waals surface area contributed by atoms with Gasteiger partial charge in [-0.15, -0.1) is 0 Å². The third-order valence-corrected chi connectivity index (χ3v) is 3.81. The van der Waals surface area contributed by atoms with Crippen molar-refractivity contribution in [2.45, 2.75) is 46.1 Å². The van der Waals surface area contributed by atoms with Crippen LogP contribution in [0, 0.1) is 11.3 Å². The van der Waals surface area contributed by atoms with Crippen molar-refractivity contribution in [1.29, 1.82) is 0 Å². The Labute approximate surface area is 119 Å². The van der Waals surface area contributed by atoms with Crippen molar-refractivity contribution in [3.8, 4) is 5.88 Å². The first-order valence-electron chi connectivity index (χ1n) is 6.99. The maximum atomic E-state index is 11.3. The van der Waals surface area contributed by atoms with Gasteiger partial charge in [0.1, 0.15) is 6.10 Å². The normalized spacial score (nSPS) is 25.1. The second-order valence-electron chi connectivity index (χ2n) is 6.63. The van der Waals surface area contributed by atoms with Gasteiger partial charge in [0, 0.05) is 6.07 Å². The van der Waals surface area contributed by atoms with Crippen molar-refractivity contribution >= 4 is 11.6 Å². The molecule has 2 atom stereocenters. The standard InChI is InChI=1S/C15H23N3O2/c1-9-4-10(7-15(2,3)6-9)20-13-5-11(14(17)19)12(16)8-18-13/h5,8-10H,4,6-7,16H2,1-3H3,(H2,17,19). The molecule has 1 amide bonds. The lowest BCUT2D eigenvalue weighted by Crippen LogP contribution is -2.34. The molecule has 1 aromatic rings. The molecule has 1 heterocycles. The second kappa shape index (κ2) is 5.31. The predicted octanol–water partition coefficient (Wildman–Crippen LogP) is 2.36. The molecule has 2 rings (SSSR count). The molecule has 5 nitrogen and oxygen atoms in total. The summed E-state index contributed by atoms with van der Waals surface area (Å²) in [5.74, 6) is 0.475. The Morgan fingerprint density at radius 2 is 2.15 bits per heavy atom.